The molecule has 1 atom stereocenters. The van der Waals surface area contributed by atoms with Crippen molar-refractivity contribution in [2.45, 2.75) is 38.5 Å². The van der Waals surface area contributed by atoms with Crippen molar-refractivity contribution in [3.05, 3.63) is 11.9 Å². The number of aromatic nitrogens is 2. The highest BCUT2D eigenvalue weighted by Gasteiger charge is 2.24. The van der Waals surface area contributed by atoms with E-state index in [-0.39, 0.29) is 18.6 Å². The molecule has 1 aliphatic rings. The summed E-state index contributed by atoms with van der Waals surface area (Å²) in [4.78, 5) is 12.1. The maximum atomic E-state index is 12.1. The molecule has 7 heteroatoms. The van der Waals surface area contributed by atoms with Crippen LogP contribution in [0.25, 0.3) is 0 Å². The lowest BCUT2D eigenvalue weighted by Gasteiger charge is -2.26. The first-order chi connectivity index (χ1) is 8.87. The Morgan fingerprint density at radius 3 is 2.95 bits per heavy atom. The van der Waals surface area contributed by atoms with Crippen molar-refractivity contribution in [1.82, 2.24) is 15.1 Å². The Balaban J connectivity index is 2.04. The second kappa shape index (κ2) is 5.18. The Morgan fingerprint density at radius 1 is 1.74 bits per heavy atom. The van der Waals surface area contributed by atoms with Crippen molar-refractivity contribution in [2.24, 2.45) is 0 Å². The second-order valence-electron chi connectivity index (χ2n) is 5.41. The fourth-order valence-corrected chi connectivity index (χ4v) is 1.79. The van der Waals surface area contributed by atoms with Crippen LogP contribution in [0.1, 0.15) is 30.8 Å². The molecular formula is C12H20N4O3. The molecule has 1 aliphatic heterocycles. The van der Waals surface area contributed by atoms with Crippen LogP contribution in [-0.2, 0) is 11.3 Å². The number of carbonyl (C=O) groups excluding carboxylic acids is 1. The summed E-state index contributed by atoms with van der Waals surface area (Å²) in [5, 5.41) is 16.3. The van der Waals surface area contributed by atoms with E-state index < -0.39 is 5.60 Å². The second-order valence-corrected chi connectivity index (χ2v) is 5.41. The van der Waals surface area contributed by atoms with Gasteiger partial charge in [0.2, 0.25) is 0 Å². The zero-order chi connectivity index (χ0) is 14.0. The van der Waals surface area contributed by atoms with Crippen molar-refractivity contribution < 1.29 is 14.6 Å². The van der Waals surface area contributed by atoms with Gasteiger partial charge >= 0.3 is 0 Å². The van der Waals surface area contributed by atoms with Gasteiger partial charge in [0.25, 0.3) is 5.91 Å². The lowest BCUT2D eigenvalue weighted by atomic mass is 10.1. The zero-order valence-electron chi connectivity index (χ0n) is 11.2. The monoisotopic (exact) mass is 268 g/mol. The first kappa shape index (κ1) is 13.8. The van der Waals surface area contributed by atoms with Gasteiger partial charge in [0, 0.05) is 13.2 Å². The Bertz CT molecular complexity index is 460. The van der Waals surface area contributed by atoms with Crippen LogP contribution in [0.2, 0.25) is 0 Å². The predicted molar refractivity (Wildman–Crippen MR) is 69.6 cm³/mol. The third-order valence-corrected chi connectivity index (χ3v) is 2.93. The van der Waals surface area contributed by atoms with Gasteiger partial charge < -0.3 is 20.9 Å². The number of anilines is 1. The summed E-state index contributed by atoms with van der Waals surface area (Å²) in [5.74, 6) is -0.337. The highest BCUT2D eigenvalue weighted by molar-refractivity contribution is 5.97. The smallest absolute Gasteiger partial charge is 0.271 e. The van der Waals surface area contributed by atoms with Crippen molar-refractivity contribution in [3.63, 3.8) is 0 Å². The van der Waals surface area contributed by atoms with Gasteiger partial charge in [-0.05, 0) is 20.3 Å². The number of nitrogens with one attached hydrogen (secondary N) is 1. The highest BCUT2D eigenvalue weighted by atomic mass is 16.5. The van der Waals surface area contributed by atoms with E-state index in [0.717, 1.165) is 13.0 Å². The summed E-state index contributed by atoms with van der Waals surface area (Å²) in [6.45, 7) is 4.66. The molecule has 19 heavy (non-hydrogen) atoms. The van der Waals surface area contributed by atoms with Crippen LogP contribution in [0.4, 0.5) is 5.69 Å². The number of aliphatic hydroxyl groups is 1. The molecule has 1 fully saturated rings. The fraction of sp³-hybridized carbons (Fsp3) is 0.667. The number of nitrogens with two attached hydrogens (primary N) is 1. The molecule has 0 aliphatic carbocycles. The molecule has 1 unspecified atom stereocenters. The largest absolute Gasteiger partial charge is 0.396 e. The van der Waals surface area contributed by atoms with Crippen molar-refractivity contribution in [1.29, 1.82) is 0 Å². The van der Waals surface area contributed by atoms with Crippen LogP contribution in [0.15, 0.2) is 6.20 Å². The quantitative estimate of drug-likeness (QED) is 0.683. The maximum absolute atomic E-state index is 12.1. The van der Waals surface area contributed by atoms with Crippen LogP contribution in [0.5, 0.6) is 0 Å². The van der Waals surface area contributed by atoms with Crippen LogP contribution in [0, 0.1) is 0 Å². The summed E-state index contributed by atoms with van der Waals surface area (Å²) in [5.41, 5.74) is 5.45. The summed E-state index contributed by atoms with van der Waals surface area (Å²) >= 11 is 0. The van der Waals surface area contributed by atoms with Gasteiger partial charge in [-0.1, -0.05) is 0 Å². The van der Waals surface area contributed by atoms with Gasteiger partial charge in [0.1, 0.15) is 5.69 Å². The zero-order valence-corrected chi connectivity index (χ0v) is 11.2. The van der Waals surface area contributed by atoms with Gasteiger partial charge in [-0.3, -0.25) is 9.48 Å². The number of amides is 1. The lowest BCUT2D eigenvalue weighted by molar-refractivity contribution is -0.0611. The molecule has 0 spiro atoms. The third kappa shape index (κ3) is 3.45. The molecule has 0 saturated carbocycles. The molecule has 0 radical (unpaired) electrons. The fourth-order valence-electron chi connectivity index (χ4n) is 1.79. The third-order valence-electron chi connectivity index (χ3n) is 2.93. The molecule has 0 bridgehead atoms. The maximum Gasteiger partial charge on any atom is 0.271 e. The predicted octanol–water partition coefficient (Wildman–Crippen LogP) is -0.245. The lowest BCUT2D eigenvalue weighted by Crippen LogP contribution is -2.40. The molecule has 1 aromatic rings. The van der Waals surface area contributed by atoms with E-state index in [1.165, 1.54) is 6.20 Å². The van der Waals surface area contributed by atoms with E-state index >= 15 is 0 Å². The molecule has 1 amide bonds. The van der Waals surface area contributed by atoms with Crippen LogP contribution < -0.4 is 11.1 Å². The van der Waals surface area contributed by atoms with E-state index in [4.69, 9.17) is 10.5 Å². The minimum atomic E-state index is -0.966. The molecule has 1 saturated heterocycles. The van der Waals surface area contributed by atoms with Gasteiger partial charge in [0.05, 0.1) is 30.1 Å². The highest BCUT2D eigenvalue weighted by Crippen LogP contribution is 2.17. The van der Waals surface area contributed by atoms with E-state index in [2.05, 4.69) is 10.4 Å². The molecule has 1 aromatic heterocycles. The molecule has 0 aromatic carbocycles. The van der Waals surface area contributed by atoms with E-state index in [1.54, 1.807) is 18.5 Å². The Hall–Kier alpha value is -1.60. The average molecular weight is 268 g/mol. The topological polar surface area (TPSA) is 102 Å². The average Bonchev–Trinajstić information content (AvgIpc) is 2.61. The summed E-state index contributed by atoms with van der Waals surface area (Å²) in [6, 6.07) is 0. The standard InChI is InChI=1S/C12H20N4O3/c1-12(2,18)7-14-11(17)10-9(13)5-15-16(10)6-8-3-4-19-8/h5,8,18H,3-4,6-7,13H2,1-2H3,(H,14,17). The summed E-state index contributed by atoms with van der Waals surface area (Å²) in [7, 11) is 0. The van der Waals surface area contributed by atoms with E-state index in [0.29, 0.717) is 17.9 Å². The van der Waals surface area contributed by atoms with Gasteiger partial charge in [-0.15, -0.1) is 0 Å². The first-order valence-electron chi connectivity index (χ1n) is 6.30. The SMILES string of the molecule is CC(C)(O)CNC(=O)c1c(N)cnn1CC1CCO1. The number of rotatable bonds is 5. The number of nitrogen functional groups attached to an aromatic ring is 1. The first-order valence-corrected chi connectivity index (χ1v) is 6.30. The van der Waals surface area contributed by atoms with Crippen molar-refractivity contribution >= 4 is 11.6 Å². The minimum Gasteiger partial charge on any atom is -0.396 e. The van der Waals surface area contributed by atoms with Gasteiger partial charge in [-0.2, -0.15) is 5.10 Å². The number of nitrogens with zero attached hydrogens (tertiary/aromatic N) is 2. The number of hydrogen-bond donors (Lipinski definition) is 3. The minimum absolute atomic E-state index is 0.0973. The Kier molecular flexibility index (Phi) is 3.77. The Labute approximate surface area is 111 Å². The Morgan fingerprint density at radius 2 is 2.42 bits per heavy atom. The molecule has 2 rings (SSSR count). The normalized spacial score (nSPS) is 19.0. The number of ether oxygens (including phenoxy) is 1. The van der Waals surface area contributed by atoms with Crippen molar-refractivity contribution in [3.8, 4) is 0 Å². The van der Waals surface area contributed by atoms with Crippen molar-refractivity contribution in [2.75, 3.05) is 18.9 Å². The molecule has 4 N–H and O–H groups in total. The summed E-state index contributed by atoms with van der Waals surface area (Å²) in [6.07, 6.45) is 2.52. The van der Waals surface area contributed by atoms with E-state index in [9.17, 15) is 9.90 Å². The number of hydrogen-bond acceptors (Lipinski definition) is 5. The van der Waals surface area contributed by atoms with Crippen LogP contribution in [0.3, 0.4) is 0 Å². The van der Waals surface area contributed by atoms with Gasteiger partial charge in [0.15, 0.2) is 0 Å². The number of carbonyl (C=O) groups is 1. The van der Waals surface area contributed by atoms with Gasteiger partial charge in [-0.25, -0.2) is 0 Å². The van der Waals surface area contributed by atoms with Crippen LogP contribution in [-0.4, -0.2) is 45.7 Å². The molecular weight excluding hydrogens is 248 g/mol. The molecule has 7 nitrogen and oxygen atoms in total. The van der Waals surface area contributed by atoms with E-state index in [1.807, 2.05) is 0 Å². The molecule has 106 valence electrons. The van der Waals surface area contributed by atoms with Crippen LogP contribution >= 0.6 is 0 Å². The summed E-state index contributed by atoms with van der Waals surface area (Å²) < 4.78 is 6.87. The molecule has 2 heterocycles.